The van der Waals surface area contributed by atoms with Crippen molar-refractivity contribution in [1.29, 1.82) is 0 Å². The van der Waals surface area contributed by atoms with Crippen molar-refractivity contribution in [2.45, 2.75) is 24.2 Å². The first-order valence-corrected chi connectivity index (χ1v) is 13.5. The molecule has 2 amide bonds. The Morgan fingerprint density at radius 3 is 2.56 bits per heavy atom. The molecule has 4 rings (SSSR count). The SMILES string of the molecule is CN(CC1CCN(CCCN(C(N)=O)c2ccc(F)cc2)CC1)S(=O)(=O)c1cccc2cnccc12. The van der Waals surface area contributed by atoms with Crippen LogP contribution in [0, 0.1) is 11.7 Å². The molecule has 3 aromatic rings. The molecule has 2 heterocycles. The molecular weight excluding hydrogens is 481 g/mol. The van der Waals surface area contributed by atoms with Gasteiger partial charge in [0.05, 0.1) is 4.90 Å². The monoisotopic (exact) mass is 513 g/mol. The van der Waals surface area contributed by atoms with Gasteiger partial charge in [0.2, 0.25) is 10.0 Å². The van der Waals surface area contributed by atoms with Gasteiger partial charge in [-0.2, -0.15) is 0 Å². The molecule has 0 radical (unpaired) electrons. The largest absolute Gasteiger partial charge is 0.351 e. The van der Waals surface area contributed by atoms with Crippen molar-refractivity contribution in [2.75, 3.05) is 44.7 Å². The van der Waals surface area contributed by atoms with E-state index in [9.17, 15) is 17.6 Å². The smallest absolute Gasteiger partial charge is 0.319 e. The minimum Gasteiger partial charge on any atom is -0.351 e. The third kappa shape index (κ3) is 6.00. The summed E-state index contributed by atoms with van der Waals surface area (Å²) in [6.07, 6.45) is 5.81. The second kappa shape index (κ2) is 11.3. The van der Waals surface area contributed by atoms with E-state index in [1.54, 1.807) is 49.8 Å². The zero-order chi connectivity index (χ0) is 25.7. The number of piperidine rings is 1. The summed E-state index contributed by atoms with van der Waals surface area (Å²) >= 11 is 0. The van der Waals surface area contributed by atoms with Crippen LogP contribution in [0.5, 0.6) is 0 Å². The van der Waals surface area contributed by atoms with Gasteiger partial charge in [0.1, 0.15) is 5.82 Å². The van der Waals surface area contributed by atoms with Crippen LogP contribution in [-0.4, -0.2) is 68.4 Å². The number of nitrogens with zero attached hydrogens (tertiary/aromatic N) is 4. The van der Waals surface area contributed by atoms with Crippen molar-refractivity contribution in [3.63, 3.8) is 0 Å². The number of nitrogens with two attached hydrogens (primary N) is 1. The van der Waals surface area contributed by atoms with E-state index in [2.05, 4.69) is 9.88 Å². The highest BCUT2D eigenvalue weighted by molar-refractivity contribution is 7.89. The maximum Gasteiger partial charge on any atom is 0.319 e. The molecule has 0 aliphatic carbocycles. The van der Waals surface area contributed by atoms with E-state index < -0.39 is 16.1 Å². The Bertz CT molecular complexity index is 1290. The third-order valence-corrected chi connectivity index (χ3v) is 8.69. The van der Waals surface area contributed by atoms with E-state index in [0.29, 0.717) is 29.1 Å². The summed E-state index contributed by atoms with van der Waals surface area (Å²) in [5, 5.41) is 1.48. The Morgan fingerprint density at radius 1 is 1.14 bits per heavy atom. The standard InChI is InChI=1S/C26H32FN5O3S/c1-30(36(34,35)25-5-2-4-21-18-29-13-10-24(21)25)19-20-11-16-31(17-12-20)14-3-15-32(26(28)33)23-8-6-22(27)7-9-23/h2,4-10,13,18,20H,3,11-12,14-17,19H2,1H3,(H2,28,33). The van der Waals surface area contributed by atoms with Crippen LogP contribution in [-0.2, 0) is 10.0 Å². The predicted molar refractivity (Wildman–Crippen MR) is 139 cm³/mol. The summed E-state index contributed by atoms with van der Waals surface area (Å²) in [5.41, 5.74) is 6.10. The van der Waals surface area contributed by atoms with Gasteiger partial charge < -0.3 is 10.6 Å². The summed E-state index contributed by atoms with van der Waals surface area (Å²) in [6.45, 7) is 3.45. The summed E-state index contributed by atoms with van der Waals surface area (Å²) < 4.78 is 41.3. The van der Waals surface area contributed by atoms with Gasteiger partial charge in [0, 0.05) is 49.0 Å². The number of anilines is 1. The number of hydrogen-bond donors (Lipinski definition) is 1. The molecule has 1 fully saturated rings. The van der Waals surface area contributed by atoms with E-state index in [1.807, 2.05) is 6.07 Å². The lowest BCUT2D eigenvalue weighted by atomic mass is 9.97. The number of primary amides is 1. The minimum atomic E-state index is -3.62. The highest BCUT2D eigenvalue weighted by atomic mass is 32.2. The molecule has 2 N–H and O–H groups in total. The van der Waals surface area contributed by atoms with E-state index >= 15 is 0 Å². The lowest BCUT2D eigenvalue weighted by Gasteiger charge is -2.34. The predicted octanol–water partition coefficient (Wildman–Crippen LogP) is 3.68. The number of halogens is 1. The van der Waals surface area contributed by atoms with Crippen molar-refractivity contribution < 1.29 is 17.6 Å². The second-order valence-electron chi connectivity index (χ2n) is 9.24. The van der Waals surface area contributed by atoms with E-state index in [0.717, 1.165) is 44.3 Å². The zero-order valence-corrected chi connectivity index (χ0v) is 21.2. The first-order chi connectivity index (χ1) is 17.3. The third-order valence-electron chi connectivity index (χ3n) is 6.81. The number of sulfonamides is 1. The number of pyridine rings is 1. The normalized spacial score (nSPS) is 15.4. The molecule has 0 atom stereocenters. The van der Waals surface area contributed by atoms with E-state index in [4.69, 9.17) is 5.73 Å². The Morgan fingerprint density at radius 2 is 1.86 bits per heavy atom. The number of hydrogen-bond acceptors (Lipinski definition) is 5. The Hall–Kier alpha value is -3.08. The summed E-state index contributed by atoms with van der Waals surface area (Å²) in [6, 6.07) is 12.2. The van der Waals surface area contributed by atoms with Crippen LogP contribution in [0.2, 0.25) is 0 Å². The molecule has 0 spiro atoms. The quantitative estimate of drug-likeness (QED) is 0.471. The van der Waals surface area contributed by atoms with Crippen molar-refractivity contribution in [1.82, 2.24) is 14.2 Å². The molecule has 36 heavy (non-hydrogen) atoms. The molecule has 2 aromatic carbocycles. The van der Waals surface area contributed by atoms with Crippen LogP contribution < -0.4 is 10.6 Å². The van der Waals surface area contributed by atoms with Gasteiger partial charge >= 0.3 is 6.03 Å². The number of aromatic nitrogens is 1. The first kappa shape index (κ1) is 26.0. The Kier molecular flexibility index (Phi) is 8.17. The van der Waals surface area contributed by atoms with E-state index in [-0.39, 0.29) is 11.7 Å². The van der Waals surface area contributed by atoms with E-state index in [1.165, 1.54) is 21.3 Å². The molecule has 1 saturated heterocycles. The topological polar surface area (TPSA) is 99.8 Å². The average Bonchev–Trinajstić information content (AvgIpc) is 2.87. The van der Waals surface area contributed by atoms with Crippen LogP contribution >= 0.6 is 0 Å². The second-order valence-corrected chi connectivity index (χ2v) is 11.3. The molecule has 10 heteroatoms. The minimum absolute atomic E-state index is 0.277. The van der Waals surface area contributed by atoms with Gasteiger partial charge in [-0.15, -0.1) is 0 Å². The highest BCUT2D eigenvalue weighted by Crippen LogP contribution is 2.27. The van der Waals surface area contributed by atoms with Crippen LogP contribution in [0.4, 0.5) is 14.9 Å². The molecule has 1 aromatic heterocycles. The lowest BCUT2D eigenvalue weighted by Crippen LogP contribution is -2.41. The molecule has 8 nitrogen and oxygen atoms in total. The summed E-state index contributed by atoms with van der Waals surface area (Å²) in [5.74, 6) is -0.0853. The molecular formula is C26H32FN5O3S. The van der Waals surface area contributed by atoms with Crippen LogP contribution in [0.1, 0.15) is 19.3 Å². The first-order valence-electron chi connectivity index (χ1n) is 12.1. The fourth-order valence-electron chi connectivity index (χ4n) is 4.78. The molecule has 192 valence electrons. The molecule has 0 unspecified atom stereocenters. The molecule has 1 aliphatic heterocycles. The fraction of sp³-hybridized carbons (Fsp3) is 0.385. The maximum absolute atomic E-state index is 13.3. The van der Waals surface area contributed by atoms with Gasteiger partial charge in [-0.1, -0.05) is 12.1 Å². The van der Waals surface area contributed by atoms with Gasteiger partial charge in [-0.25, -0.2) is 21.9 Å². The number of carbonyl (C=O) groups excluding carboxylic acids is 1. The molecule has 1 aliphatic rings. The van der Waals surface area contributed by atoms with Crippen LogP contribution in [0.3, 0.4) is 0 Å². The van der Waals surface area contributed by atoms with Crippen molar-refractivity contribution in [3.8, 4) is 0 Å². The van der Waals surface area contributed by atoms with Gasteiger partial charge in [0.15, 0.2) is 0 Å². The number of carbonyl (C=O) groups is 1. The van der Waals surface area contributed by atoms with Crippen molar-refractivity contribution >= 4 is 32.5 Å². The molecule has 0 bridgehead atoms. The van der Waals surface area contributed by atoms with Gasteiger partial charge in [-0.3, -0.25) is 9.88 Å². The Balaban J connectivity index is 1.27. The Labute approximate surface area is 211 Å². The fourth-order valence-corrected chi connectivity index (χ4v) is 6.24. The van der Waals surface area contributed by atoms with Crippen LogP contribution in [0.15, 0.2) is 65.8 Å². The number of likely N-dealkylation sites (tertiary alicyclic amines) is 1. The molecule has 0 saturated carbocycles. The maximum atomic E-state index is 13.3. The number of fused-ring (bicyclic) bond motifs is 1. The average molecular weight is 514 g/mol. The number of rotatable bonds is 9. The zero-order valence-electron chi connectivity index (χ0n) is 20.4. The lowest BCUT2D eigenvalue weighted by molar-refractivity contribution is 0.171. The number of amides is 2. The highest BCUT2D eigenvalue weighted by Gasteiger charge is 2.27. The number of benzene rings is 2. The van der Waals surface area contributed by atoms with Gasteiger partial charge in [0.25, 0.3) is 0 Å². The number of urea groups is 1. The van der Waals surface area contributed by atoms with Crippen LogP contribution in [0.25, 0.3) is 10.8 Å². The summed E-state index contributed by atoms with van der Waals surface area (Å²) in [4.78, 5) is 20.0. The van der Waals surface area contributed by atoms with Gasteiger partial charge in [-0.05, 0) is 81.2 Å². The van der Waals surface area contributed by atoms with Crippen molar-refractivity contribution in [3.05, 3.63) is 66.7 Å². The summed E-state index contributed by atoms with van der Waals surface area (Å²) in [7, 11) is -1.97. The van der Waals surface area contributed by atoms with Crippen molar-refractivity contribution in [2.24, 2.45) is 11.7 Å².